The van der Waals surface area contributed by atoms with Crippen molar-refractivity contribution in [2.75, 3.05) is 13.1 Å². The summed E-state index contributed by atoms with van der Waals surface area (Å²) in [6, 6.07) is 14.1. The summed E-state index contributed by atoms with van der Waals surface area (Å²) >= 11 is 5.95. The molecule has 0 saturated carbocycles. The minimum atomic E-state index is -3.41. The van der Waals surface area contributed by atoms with Crippen LogP contribution in [0.25, 0.3) is 0 Å². The number of hydrogen-bond acceptors (Lipinski definition) is 3. The number of nitrogens with zero attached hydrogens (tertiary/aromatic N) is 2. The van der Waals surface area contributed by atoms with Gasteiger partial charge in [-0.05, 0) is 54.8 Å². The molecule has 132 valence electrons. The lowest BCUT2D eigenvalue weighted by atomic mass is 10.2. The molecule has 0 amide bonds. The SMILES string of the molecule is O=S(=O)(c1ccc(N=Cc2cccc(Cl)c2)cc1)N1CCCCCC1. The van der Waals surface area contributed by atoms with Crippen molar-refractivity contribution in [2.45, 2.75) is 30.6 Å². The molecule has 0 atom stereocenters. The molecule has 2 aromatic rings. The van der Waals surface area contributed by atoms with Crippen molar-refractivity contribution in [2.24, 2.45) is 4.99 Å². The summed E-state index contributed by atoms with van der Waals surface area (Å²) in [5.74, 6) is 0. The second-order valence-corrected chi connectivity index (χ2v) is 8.50. The van der Waals surface area contributed by atoms with Crippen LogP contribution in [-0.2, 0) is 10.0 Å². The highest BCUT2D eigenvalue weighted by molar-refractivity contribution is 7.89. The molecule has 25 heavy (non-hydrogen) atoms. The third kappa shape index (κ3) is 4.69. The van der Waals surface area contributed by atoms with Gasteiger partial charge in [-0.1, -0.05) is 36.6 Å². The summed E-state index contributed by atoms with van der Waals surface area (Å²) in [6.45, 7) is 1.22. The van der Waals surface area contributed by atoms with Crippen LogP contribution in [0.4, 0.5) is 5.69 Å². The molecule has 0 unspecified atom stereocenters. The molecule has 0 aliphatic carbocycles. The van der Waals surface area contributed by atoms with Gasteiger partial charge in [0.25, 0.3) is 0 Å². The third-order valence-corrected chi connectivity index (χ3v) is 6.40. The summed E-state index contributed by atoms with van der Waals surface area (Å²) in [7, 11) is -3.41. The zero-order valence-electron chi connectivity index (χ0n) is 13.9. The van der Waals surface area contributed by atoms with Crippen LogP contribution in [0.15, 0.2) is 58.4 Å². The normalized spacial score (nSPS) is 16.8. The van der Waals surface area contributed by atoms with Crippen molar-refractivity contribution >= 4 is 33.5 Å². The molecule has 1 aliphatic rings. The van der Waals surface area contributed by atoms with Crippen LogP contribution >= 0.6 is 11.6 Å². The van der Waals surface area contributed by atoms with Gasteiger partial charge in [0.15, 0.2) is 0 Å². The molecule has 1 aliphatic heterocycles. The van der Waals surface area contributed by atoms with Crippen molar-refractivity contribution in [1.82, 2.24) is 4.31 Å². The predicted molar refractivity (Wildman–Crippen MR) is 102 cm³/mol. The molecule has 0 spiro atoms. The second-order valence-electron chi connectivity index (χ2n) is 6.13. The summed E-state index contributed by atoms with van der Waals surface area (Å²) in [6.07, 6.45) is 5.78. The highest BCUT2D eigenvalue weighted by atomic mass is 35.5. The Balaban J connectivity index is 1.75. The van der Waals surface area contributed by atoms with Crippen LogP contribution in [0.1, 0.15) is 31.2 Å². The first-order valence-corrected chi connectivity index (χ1v) is 10.3. The van der Waals surface area contributed by atoms with Crippen molar-refractivity contribution < 1.29 is 8.42 Å². The molecule has 0 bridgehead atoms. The van der Waals surface area contributed by atoms with Gasteiger partial charge in [-0.2, -0.15) is 4.31 Å². The fourth-order valence-electron chi connectivity index (χ4n) is 2.87. The van der Waals surface area contributed by atoms with Gasteiger partial charge in [-0.3, -0.25) is 4.99 Å². The predicted octanol–water partition coefficient (Wildman–Crippen LogP) is 4.66. The van der Waals surface area contributed by atoms with E-state index in [-0.39, 0.29) is 0 Å². The quantitative estimate of drug-likeness (QED) is 0.729. The van der Waals surface area contributed by atoms with E-state index >= 15 is 0 Å². The van der Waals surface area contributed by atoms with Gasteiger partial charge in [0.2, 0.25) is 10.0 Å². The number of aliphatic imine (C=N–C) groups is 1. The molecular weight excluding hydrogens is 356 g/mol. The summed E-state index contributed by atoms with van der Waals surface area (Å²) in [5, 5.41) is 0.655. The molecule has 6 heteroatoms. The Bertz CT molecular complexity index is 840. The zero-order valence-corrected chi connectivity index (χ0v) is 15.5. The number of benzene rings is 2. The monoisotopic (exact) mass is 376 g/mol. The fraction of sp³-hybridized carbons (Fsp3) is 0.316. The maximum Gasteiger partial charge on any atom is 0.243 e. The first-order chi connectivity index (χ1) is 12.1. The first kappa shape index (κ1) is 18.1. The highest BCUT2D eigenvalue weighted by Crippen LogP contribution is 2.22. The van der Waals surface area contributed by atoms with Crippen molar-refractivity contribution in [1.29, 1.82) is 0 Å². The summed E-state index contributed by atoms with van der Waals surface area (Å²) < 4.78 is 27.1. The number of hydrogen-bond donors (Lipinski definition) is 0. The summed E-state index contributed by atoms with van der Waals surface area (Å²) in [5.41, 5.74) is 1.60. The molecule has 2 aromatic carbocycles. The Hall–Kier alpha value is -1.69. The van der Waals surface area contributed by atoms with Crippen LogP contribution in [0.5, 0.6) is 0 Å². The molecule has 0 radical (unpaired) electrons. The van der Waals surface area contributed by atoms with Gasteiger partial charge in [0.1, 0.15) is 0 Å². The van der Waals surface area contributed by atoms with Crippen molar-refractivity contribution in [3.8, 4) is 0 Å². The van der Waals surface area contributed by atoms with E-state index in [1.807, 2.05) is 18.2 Å². The lowest BCUT2D eigenvalue weighted by Crippen LogP contribution is -2.31. The van der Waals surface area contributed by atoms with Crippen molar-refractivity contribution in [3.05, 3.63) is 59.1 Å². The average molecular weight is 377 g/mol. The Kier molecular flexibility index (Phi) is 5.89. The average Bonchev–Trinajstić information content (AvgIpc) is 2.90. The lowest BCUT2D eigenvalue weighted by Gasteiger charge is -2.19. The Labute approximate surface area is 154 Å². The third-order valence-electron chi connectivity index (χ3n) is 4.25. The van der Waals surface area contributed by atoms with Gasteiger partial charge < -0.3 is 0 Å². The van der Waals surface area contributed by atoms with Crippen LogP contribution in [0, 0.1) is 0 Å². The van der Waals surface area contributed by atoms with Gasteiger partial charge >= 0.3 is 0 Å². The van der Waals surface area contributed by atoms with E-state index in [4.69, 9.17) is 11.6 Å². The highest BCUT2D eigenvalue weighted by Gasteiger charge is 2.24. The molecule has 3 rings (SSSR count). The zero-order chi connectivity index (χ0) is 17.7. The lowest BCUT2D eigenvalue weighted by molar-refractivity contribution is 0.424. The standard InChI is InChI=1S/C19H21ClN2O2S/c20-17-7-5-6-16(14-17)15-21-18-8-10-19(11-9-18)25(23,24)22-12-3-1-2-4-13-22/h5-11,14-15H,1-4,12-13H2. The van der Waals surface area contributed by atoms with E-state index in [1.165, 1.54) is 0 Å². The van der Waals surface area contributed by atoms with Crippen LogP contribution in [-0.4, -0.2) is 32.0 Å². The van der Waals surface area contributed by atoms with Crippen LogP contribution < -0.4 is 0 Å². The van der Waals surface area contributed by atoms with Crippen LogP contribution in [0.2, 0.25) is 5.02 Å². The summed E-state index contributed by atoms with van der Waals surface area (Å²) in [4.78, 5) is 4.71. The molecule has 0 aromatic heterocycles. The number of sulfonamides is 1. The Morgan fingerprint density at radius 1 is 0.960 bits per heavy atom. The second kappa shape index (κ2) is 8.13. The minimum absolute atomic E-state index is 0.330. The Morgan fingerprint density at radius 2 is 1.64 bits per heavy atom. The minimum Gasteiger partial charge on any atom is -0.256 e. The van der Waals surface area contributed by atoms with Crippen LogP contribution in [0.3, 0.4) is 0 Å². The number of rotatable bonds is 4. The molecule has 0 N–H and O–H groups in total. The van der Waals surface area contributed by atoms with Gasteiger partial charge in [-0.15, -0.1) is 0 Å². The largest absolute Gasteiger partial charge is 0.256 e. The molecule has 1 heterocycles. The van der Waals surface area contributed by atoms with Crippen molar-refractivity contribution in [3.63, 3.8) is 0 Å². The van der Waals surface area contributed by atoms with E-state index in [0.29, 0.717) is 28.7 Å². The van der Waals surface area contributed by atoms with E-state index in [0.717, 1.165) is 31.2 Å². The topological polar surface area (TPSA) is 49.7 Å². The smallest absolute Gasteiger partial charge is 0.243 e. The maximum absolute atomic E-state index is 12.7. The van der Waals surface area contributed by atoms with Gasteiger partial charge in [-0.25, -0.2) is 8.42 Å². The van der Waals surface area contributed by atoms with E-state index < -0.39 is 10.0 Å². The van der Waals surface area contributed by atoms with Gasteiger partial charge in [0.05, 0.1) is 10.6 Å². The Morgan fingerprint density at radius 3 is 2.28 bits per heavy atom. The van der Waals surface area contributed by atoms with Gasteiger partial charge in [0, 0.05) is 24.3 Å². The molecular formula is C19H21ClN2O2S. The maximum atomic E-state index is 12.7. The fourth-order valence-corrected chi connectivity index (χ4v) is 4.59. The van der Waals surface area contributed by atoms with E-state index in [2.05, 4.69) is 4.99 Å². The van der Waals surface area contributed by atoms with E-state index in [1.54, 1.807) is 40.9 Å². The first-order valence-electron chi connectivity index (χ1n) is 8.45. The van der Waals surface area contributed by atoms with E-state index in [9.17, 15) is 8.42 Å². The number of halogens is 1. The molecule has 1 fully saturated rings. The molecule has 4 nitrogen and oxygen atoms in total. The molecule has 1 saturated heterocycles.